The van der Waals surface area contributed by atoms with Gasteiger partial charge in [-0.1, -0.05) is 0 Å². The Balaban J connectivity index is 2.02. The molecular weight excluding hydrogens is 244 g/mol. The first kappa shape index (κ1) is 15.6. The number of aryl methyl sites for hydroxylation is 1. The second kappa shape index (κ2) is 8.64. The molecule has 104 valence electrons. The van der Waals surface area contributed by atoms with Crippen LogP contribution in [0.2, 0.25) is 0 Å². The molecule has 0 spiro atoms. The van der Waals surface area contributed by atoms with Gasteiger partial charge in [-0.15, -0.1) is 11.3 Å². The Bertz CT molecular complexity index is 325. The molecule has 1 N–H and O–H groups in total. The van der Waals surface area contributed by atoms with Gasteiger partial charge in [-0.25, -0.2) is 0 Å². The highest BCUT2D eigenvalue weighted by Gasteiger charge is 2.01. The standard InChI is InChI=1S/C14H26N2OS/c1-12(2)17-9-8-16(4)7-6-15-11-14-13(3)5-10-18-14/h5,10,12,15H,6-9,11H2,1-4H3. The fourth-order valence-corrected chi connectivity index (χ4v) is 2.49. The van der Waals surface area contributed by atoms with Crippen LogP contribution in [0.25, 0.3) is 0 Å². The molecule has 0 amide bonds. The zero-order chi connectivity index (χ0) is 13.4. The third kappa shape index (κ3) is 6.50. The van der Waals surface area contributed by atoms with Crippen LogP contribution in [0, 0.1) is 6.92 Å². The fraction of sp³-hybridized carbons (Fsp3) is 0.714. The van der Waals surface area contributed by atoms with Crippen LogP contribution in [0.15, 0.2) is 11.4 Å². The van der Waals surface area contributed by atoms with Crippen molar-refractivity contribution in [2.24, 2.45) is 0 Å². The van der Waals surface area contributed by atoms with Crippen LogP contribution in [0.3, 0.4) is 0 Å². The van der Waals surface area contributed by atoms with Crippen molar-refractivity contribution in [2.45, 2.75) is 33.4 Å². The second-order valence-corrected chi connectivity index (χ2v) is 5.93. The number of ether oxygens (including phenoxy) is 1. The largest absolute Gasteiger partial charge is 0.377 e. The van der Waals surface area contributed by atoms with Crippen molar-refractivity contribution in [3.05, 3.63) is 21.9 Å². The van der Waals surface area contributed by atoms with Gasteiger partial charge in [0.1, 0.15) is 0 Å². The van der Waals surface area contributed by atoms with Gasteiger partial charge in [0.25, 0.3) is 0 Å². The van der Waals surface area contributed by atoms with E-state index in [4.69, 9.17) is 4.74 Å². The van der Waals surface area contributed by atoms with Crippen LogP contribution in [-0.2, 0) is 11.3 Å². The van der Waals surface area contributed by atoms with Crippen molar-refractivity contribution < 1.29 is 4.74 Å². The van der Waals surface area contributed by atoms with Gasteiger partial charge >= 0.3 is 0 Å². The Morgan fingerprint density at radius 1 is 1.39 bits per heavy atom. The third-order valence-corrected chi connectivity index (χ3v) is 3.87. The molecule has 0 fully saturated rings. The van der Waals surface area contributed by atoms with E-state index in [1.807, 2.05) is 11.3 Å². The molecular formula is C14H26N2OS. The summed E-state index contributed by atoms with van der Waals surface area (Å²) >= 11 is 1.83. The maximum atomic E-state index is 5.53. The molecule has 1 heterocycles. The van der Waals surface area contributed by atoms with Gasteiger partial charge in [0.05, 0.1) is 12.7 Å². The van der Waals surface area contributed by atoms with Gasteiger partial charge in [-0.2, -0.15) is 0 Å². The van der Waals surface area contributed by atoms with Crippen molar-refractivity contribution in [2.75, 3.05) is 33.3 Å². The molecule has 0 aromatic carbocycles. The first-order chi connectivity index (χ1) is 8.59. The van der Waals surface area contributed by atoms with Crippen LogP contribution in [0.5, 0.6) is 0 Å². The molecule has 0 aliphatic heterocycles. The predicted molar refractivity (Wildman–Crippen MR) is 79.3 cm³/mol. The molecule has 18 heavy (non-hydrogen) atoms. The minimum Gasteiger partial charge on any atom is -0.377 e. The minimum absolute atomic E-state index is 0.332. The Hall–Kier alpha value is -0.420. The van der Waals surface area contributed by atoms with E-state index < -0.39 is 0 Å². The predicted octanol–water partition coefficient (Wildman–Crippen LogP) is 2.50. The second-order valence-electron chi connectivity index (χ2n) is 4.93. The van der Waals surface area contributed by atoms with E-state index in [-0.39, 0.29) is 0 Å². The summed E-state index contributed by atoms with van der Waals surface area (Å²) in [5, 5.41) is 5.64. The van der Waals surface area contributed by atoms with Crippen molar-refractivity contribution in [1.82, 2.24) is 10.2 Å². The van der Waals surface area contributed by atoms with Crippen molar-refractivity contribution in [3.8, 4) is 0 Å². The molecule has 0 bridgehead atoms. The molecule has 1 aromatic heterocycles. The molecule has 0 unspecified atom stereocenters. The number of thiophene rings is 1. The van der Waals surface area contributed by atoms with E-state index in [9.17, 15) is 0 Å². The summed E-state index contributed by atoms with van der Waals surface area (Å²) in [4.78, 5) is 3.75. The van der Waals surface area contributed by atoms with Crippen LogP contribution in [-0.4, -0.2) is 44.3 Å². The van der Waals surface area contributed by atoms with E-state index in [2.05, 4.69) is 49.5 Å². The van der Waals surface area contributed by atoms with Crippen LogP contribution >= 0.6 is 11.3 Å². The average Bonchev–Trinajstić information content (AvgIpc) is 2.70. The smallest absolute Gasteiger partial charge is 0.0596 e. The summed E-state index contributed by atoms with van der Waals surface area (Å²) in [5.74, 6) is 0. The SMILES string of the molecule is Cc1ccsc1CNCCN(C)CCOC(C)C. The third-order valence-electron chi connectivity index (χ3n) is 2.85. The summed E-state index contributed by atoms with van der Waals surface area (Å²) in [6, 6.07) is 2.18. The van der Waals surface area contributed by atoms with E-state index >= 15 is 0 Å². The number of nitrogens with zero attached hydrogens (tertiary/aromatic N) is 1. The molecule has 0 atom stereocenters. The highest BCUT2D eigenvalue weighted by Crippen LogP contribution is 2.14. The Morgan fingerprint density at radius 3 is 2.78 bits per heavy atom. The fourth-order valence-electron chi connectivity index (χ4n) is 1.61. The van der Waals surface area contributed by atoms with Crippen molar-refractivity contribution >= 4 is 11.3 Å². The van der Waals surface area contributed by atoms with Gasteiger partial charge in [0, 0.05) is 31.1 Å². The molecule has 0 saturated carbocycles. The first-order valence-electron chi connectivity index (χ1n) is 6.63. The number of nitrogens with one attached hydrogen (secondary N) is 1. The number of hydrogen-bond donors (Lipinski definition) is 1. The van der Waals surface area contributed by atoms with E-state index in [0.29, 0.717) is 6.10 Å². The lowest BCUT2D eigenvalue weighted by Gasteiger charge is -2.17. The number of rotatable bonds is 9. The van der Waals surface area contributed by atoms with E-state index in [1.165, 1.54) is 10.4 Å². The number of hydrogen-bond acceptors (Lipinski definition) is 4. The summed E-state index contributed by atoms with van der Waals surface area (Å²) in [5.41, 5.74) is 1.39. The highest BCUT2D eigenvalue weighted by atomic mass is 32.1. The Morgan fingerprint density at radius 2 is 2.17 bits per heavy atom. The van der Waals surface area contributed by atoms with Crippen molar-refractivity contribution in [3.63, 3.8) is 0 Å². The van der Waals surface area contributed by atoms with Crippen LogP contribution < -0.4 is 5.32 Å². The van der Waals surface area contributed by atoms with E-state index in [0.717, 1.165) is 32.8 Å². The summed E-state index contributed by atoms with van der Waals surface area (Å²) in [6.07, 6.45) is 0.332. The maximum Gasteiger partial charge on any atom is 0.0596 e. The summed E-state index contributed by atoms with van der Waals surface area (Å²) < 4.78 is 5.53. The zero-order valence-electron chi connectivity index (χ0n) is 12.0. The minimum atomic E-state index is 0.332. The maximum absolute atomic E-state index is 5.53. The van der Waals surface area contributed by atoms with E-state index in [1.54, 1.807) is 0 Å². The van der Waals surface area contributed by atoms with Gasteiger partial charge < -0.3 is 15.0 Å². The Kier molecular flexibility index (Phi) is 7.51. The molecule has 0 aliphatic carbocycles. The van der Waals surface area contributed by atoms with Gasteiger partial charge in [0.15, 0.2) is 0 Å². The van der Waals surface area contributed by atoms with Crippen LogP contribution in [0.1, 0.15) is 24.3 Å². The molecule has 4 heteroatoms. The summed E-state index contributed by atoms with van der Waals surface area (Å²) in [7, 11) is 2.14. The normalized spacial score (nSPS) is 11.7. The van der Waals surface area contributed by atoms with Gasteiger partial charge in [-0.05, 0) is 44.8 Å². The Labute approximate surface area is 115 Å². The first-order valence-corrected chi connectivity index (χ1v) is 7.51. The highest BCUT2D eigenvalue weighted by molar-refractivity contribution is 7.10. The summed E-state index contributed by atoms with van der Waals surface area (Å²) in [6.45, 7) is 11.2. The van der Waals surface area contributed by atoms with Gasteiger partial charge in [-0.3, -0.25) is 0 Å². The topological polar surface area (TPSA) is 24.5 Å². The molecule has 1 aromatic rings. The molecule has 3 nitrogen and oxygen atoms in total. The van der Waals surface area contributed by atoms with Gasteiger partial charge in [0.2, 0.25) is 0 Å². The van der Waals surface area contributed by atoms with Crippen molar-refractivity contribution in [1.29, 1.82) is 0 Å². The molecule has 0 aliphatic rings. The molecule has 1 rings (SSSR count). The number of likely N-dealkylation sites (N-methyl/N-ethyl adjacent to an activating group) is 1. The lowest BCUT2D eigenvalue weighted by Crippen LogP contribution is -2.31. The quantitative estimate of drug-likeness (QED) is 0.698. The lowest BCUT2D eigenvalue weighted by molar-refractivity contribution is 0.0640. The zero-order valence-corrected chi connectivity index (χ0v) is 12.8. The monoisotopic (exact) mass is 270 g/mol. The average molecular weight is 270 g/mol. The van der Waals surface area contributed by atoms with Crippen LogP contribution in [0.4, 0.5) is 0 Å². The lowest BCUT2D eigenvalue weighted by atomic mass is 10.3. The molecule has 0 radical (unpaired) electrons. The molecule has 0 saturated heterocycles.